The lowest BCUT2D eigenvalue weighted by Gasteiger charge is -2.30. The van der Waals surface area contributed by atoms with E-state index in [1.807, 2.05) is 6.07 Å². The molecule has 0 atom stereocenters. The molecule has 0 heterocycles. The molecule has 17 heavy (non-hydrogen) atoms. The van der Waals surface area contributed by atoms with Crippen LogP contribution in [0.4, 0.5) is 11.4 Å². The molecule has 1 rings (SSSR count). The van der Waals surface area contributed by atoms with Gasteiger partial charge < -0.3 is 16.8 Å². The molecule has 5 N–H and O–H groups in total. The number of nitrogens with two attached hydrogens (primary N) is 2. The largest absolute Gasteiger partial charge is 0.396 e. The van der Waals surface area contributed by atoms with Crippen molar-refractivity contribution < 1.29 is 4.79 Å². The van der Waals surface area contributed by atoms with E-state index in [2.05, 4.69) is 26.1 Å². The third kappa shape index (κ3) is 2.90. The maximum Gasteiger partial charge on any atom is 0.250 e. The first-order chi connectivity index (χ1) is 7.93. The molecule has 0 aliphatic carbocycles. The number of hydrogen-bond donors (Lipinski definition) is 3. The fourth-order valence-corrected chi connectivity index (χ4v) is 1.64. The number of anilines is 2. The molecule has 0 saturated carbocycles. The average molecular weight is 235 g/mol. The minimum absolute atomic E-state index is 0.0234. The first-order valence-corrected chi connectivity index (χ1v) is 5.90. The maximum atomic E-state index is 11.2. The van der Waals surface area contributed by atoms with Gasteiger partial charge in [0.15, 0.2) is 0 Å². The summed E-state index contributed by atoms with van der Waals surface area (Å²) >= 11 is 0. The molecular formula is C13H21N3O. The van der Waals surface area contributed by atoms with Crippen LogP contribution in [0.5, 0.6) is 0 Å². The normalized spacial score (nSPS) is 11.2. The van der Waals surface area contributed by atoms with Gasteiger partial charge in [-0.25, -0.2) is 0 Å². The molecule has 4 heteroatoms. The number of benzene rings is 1. The summed E-state index contributed by atoms with van der Waals surface area (Å²) in [4.78, 5) is 11.2. The average Bonchev–Trinajstić information content (AvgIpc) is 2.31. The van der Waals surface area contributed by atoms with E-state index in [4.69, 9.17) is 11.5 Å². The summed E-state index contributed by atoms with van der Waals surface area (Å²) in [5.41, 5.74) is 12.7. The van der Waals surface area contributed by atoms with Crippen LogP contribution in [0.25, 0.3) is 0 Å². The fraction of sp³-hybridized carbons (Fsp3) is 0.462. The Morgan fingerprint density at radius 1 is 1.35 bits per heavy atom. The zero-order chi connectivity index (χ0) is 13.1. The molecule has 0 bridgehead atoms. The second-order valence-corrected chi connectivity index (χ2v) is 4.52. The van der Waals surface area contributed by atoms with Crippen LogP contribution < -0.4 is 16.8 Å². The van der Waals surface area contributed by atoms with Crippen LogP contribution in [-0.2, 0) is 0 Å². The Bertz CT molecular complexity index is 411. The van der Waals surface area contributed by atoms with Crippen molar-refractivity contribution in [3.63, 3.8) is 0 Å². The molecule has 94 valence electrons. The number of para-hydroxylation sites is 1. The number of rotatable bonds is 5. The number of nitrogens with one attached hydrogen (secondary N) is 1. The second kappa shape index (κ2) is 5.08. The summed E-state index contributed by atoms with van der Waals surface area (Å²) in [6, 6.07) is 5.29. The van der Waals surface area contributed by atoms with Crippen LogP contribution in [0.2, 0.25) is 0 Å². The molecule has 1 aromatic carbocycles. The first kappa shape index (κ1) is 13.4. The van der Waals surface area contributed by atoms with Crippen molar-refractivity contribution in [1.29, 1.82) is 0 Å². The monoisotopic (exact) mass is 235 g/mol. The van der Waals surface area contributed by atoms with Crippen molar-refractivity contribution in [1.82, 2.24) is 0 Å². The highest BCUT2D eigenvalue weighted by molar-refractivity contribution is 6.00. The van der Waals surface area contributed by atoms with Gasteiger partial charge in [0.05, 0.1) is 16.9 Å². The van der Waals surface area contributed by atoms with Crippen molar-refractivity contribution in [3.05, 3.63) is 23.8 Å². The highest BCUT2D eigenvalue weighted by Crippen LogP contribution is 2.28. The number of carbonyl (C=O) groups excluding carboxylic acids is 1. The van der Waals surface area contributed by atoms with E-state index in [0.717, 1.165) is 18.5 Å². The summed E-state index contributed by atoms with van der Waals surface area (Å²) in [6.45, 7) is 6.36. The first-order valence-electron chi connectivity index (χ1n) is 5.90. The highest BCUT2D eigenvalue weighted by Gasteiger charge is 2.21. The van der Waals surface area contributed by atoms with Gasteiger partial charge in [0, 0.05) is 5.54 Å². The Kier molecular flexibility index (Phi) is 3.99. The van der Waals surface area contributed by atoms with Crippen LogP contribution in [-0.4, -0.2) is 11.4 Å². The van der Waals surface area contributed by atoms with Gasteiger partial charge in [-0.1, -0.05) is 19.9 Å². The number of hydrogen-bond acceptors (Lipinski definition) is 3. The van der Waals surface area contributed by atoms with Gasteiger partial charge in [0.2, 0.25) is 0 Å². The van der Waals surface area contributed by atoms with Gasteiger partial charge >= 0.3 is 0 Å². The van der Waals surface area contributed by atoms with Gasteiger partial charge in [0.25, 0.3) is 5.91 Å². The van der Waals surface area contributed by atoms with Gasteiger partial charge in [0.1, 0.15) is 0 Å². The summed E-state index contributed by atoms with van der Waals surface area (Å²) in [5, 5.41) is 3.39. The maximum absolute atomic E-state index is 11.2. The molecule has 0 spiro atoms. The summed E-state index contributed by atoms with van der Waals surface area (Å²) in [5.74, 6) is -0.499. The van der Waals surface area contributed by atoms with Crippen LogP contribution >= 0.6 is 0 Å². The van der Waals surface area contributed by atoms with Crippen LogP contribution in [0.15, 0.2) is 18.2 Å². The van der Waals surface area contributed by atoms with E-state index in [0.29, 0.717) is 11.3 Å². The topological polar surface area (TPSA) is 81.1 Å². The smallest absolute Gasteiger partial charge is 0.250 e. The van der Waals surface area contributed by atoms with Gasteiger partial charge in [-0.15, -0.1) is 0 Å². The van der Waals surface area contributed by atoms with Crippen molar-refractivity contribution in [2.75, 3.05) is 11.1 Å². The van der Waals surface area contributed by atoms with Crippen LogP contribution in [0.3, 0.4) is 0 Å². The van der Waals surface area contributed by atoms with Gasteiger partial charge in [-0.05, 0) is 31.9 Å². The lowest BCUT2D eigenvalue weighted by Crippen LogP contribution is -2.33. The third-order valence-corrected chi connectivity index (χ3v) is 3.37. The molecule has 0 aliphatic rings. The Balaban J connectivity index is 3.08. The quantitative estimate of drug-likeness (QED) is 0.685. The van der Waals surface area contributed by atoms with Gasteiger partial charge in [-0.2, -0.15) is 0 Å². The molecule has 0 saturated heterocycles. The number of primary amides is 1. The van der Waals surface area contributed by atoms with Crippen LogP contribution in [0, 0.1) is 0 Å². The van der Waals surface area contributed by atoms with Crippen molar-refractivity contribution in [3.8, 4) is 0 Å². The third-order valence-electron chi connectivity index (χ3n) is 3.37. The molecule has 0 fully saturated rings. The van der Waals surface area contributed by atoms with Crippen molar-refractivity contribution in [2.24, 2.45) is 5.73 Å². The number of carbonyl (C=O) groups is 1. The molecule has 0 radical (unpaired) electrons. The lowest BCUT2D eigenvalue weighted by molar-refractivity contribution is 0.100. The Labute approximate surface area is 102 Å². The standard InChI is InChI=1S/C13H21N3O/c1-4-13(3,5-2)16-10-8-6-7-9(11(10)14)12(15)17/h6-8,16H,4-5,14H2,1-3H3,(H2,15,17). The molecule has 1 amide bonds. The Morgan fingerprint density at radius 3 is 2.41 bits per heavy atom. The summed E-state index contributed by atoms with van der Waals surface area (Å²) in [7, 11) is 0. The summed E-state index contributed by atoms with van der Waals surface area (Å²) in [6.07, 6.45) is 1.95. The second-order valence-electron chi connectivity index (χ2n) is 4.52. The SMILES string of the molecule is CCC(C)(CC)Nc1cccc(C(N)=O)c1N. The van der Waals surface area contributed by atoms with Crippen molar-refractivity contribution >= 4 is 17.3 Å². The lowest BCUT2D eigenvalue weighted by atomic mass is 9.94. The highest BCUT2D eigenvalue weighted by atomic mass is 16.1. The number of amides is 1. The molecule has 0 aromatic heterocycles. The molecule has 1 aromatic rings. The van der Waals surface area contributed by atoms with E-state index in [-0.39, 0.29) is 5.54 Å². The summed E-state index contributed by atoms with van der Waals surface area (Å²) < 4.78 is 0. The predicted octanol–water partition coefficient (Wildman–Crippen LogP) is 2.36. The Hall–Kier alpha value is -1.71. The van der Waals surface area contributed by atoms with Crippen LogP contribution in [0.1, 0.15) is 44.0 Å². The molecular weight excluding hydrogens is 214 g/mol. The van der Waals surface area contributed by atoms with E-state index in [9.17, 15) is 4.79 Å². The molecule has 0 unspecified atom stereocenters. The fourth-order valence-electron chi connectivity index (χ4n) is 1.64. The minimum atomic E-state index is -0.499. The van der Waals surface area contributed by atoms with E-state index in [1.165, 1.54) is 0 Å². The molecule has 0 aliphatic heterocycles. The number of nitrogen functional groups attached to an aromatic ring is 1. The van der Waals surface area contributed by atoms with E-state index >= 15 is 0 Å². The van der Waals surface area contributed by atoms with E-state index < -0.39 is 5.91 Å². The molecule has 4 nitrogen and oxygen atoms in total. The zero-order valence-electron chi connectivity index (χ0n) is 10.7. The van der Waals surface area contributed by atoms with E-state index in [1.54, 1.807) is 12.1 Å². The zero-order valence-corrected chi connectivity index (χ0v) is 10.7. The van der Waals surface area contributed by atoms with Crippen molar-refractivity contribution in [2.45, 2.75) is 39.2 Å². The Morgan fingerprint density at radius 2 is 1.94 bits per heavy atom. The minimum Gasteiger partial charge on any atom is -0.396 e. The predicted molar refractivity (Wildman–Crippen MR) is 72.0 cm³/mol. The van der Waals surface area contributed by atoms with Gasteiger partial charge in [-0.3, -0.25) is 4.79 Å².